The zero-order valence-electron chi connectivity index (χ0n) is 9.92. The lowest BCUT2D eigenvalue weighted by molar-refractivity contribution is 0.0947. The van der Waals surface area contributed by atoms with Gasteiger partial charge in [-0.15, -0.1) is 0 Å². The molecule has 0 saturated carbocycles. The van der Waals surface area contributed by atoms with Gasteiger partial charge in [-0.2, -0.15) is 0 Å². The van der Waals surface area contributed by atoms with Crippen LogP contribution in [0.25, 0.3) is 0 Å². The van der Waals surface area contributed by atoms with E-state index >= 15 is 0 Å². The van der Waals surface area contributed by atoms with Gasteiger partial charge in [-0.3, -0.25) is 4.79 Å². The fourth-order valence-electron chi connectivity index (χ4n) is 2.03. The van der Waals surface area contributed by atoms with Crippen molar-refractivity contribution in [2.45, 2.75) is 13.3 Å². The van der Waals surface area contributed by atoms with Crippen LogP contribution >= 0.6 is 15.9 Å². The van der Waals surface area contributed by atoms with Gasteiger partial charge in [0.05, 0.1) is 5.56 Å². The highest BCUT2D eigenvalue weighted by atomic mass is 79.9. The highest BCUT2D eigenvalue weighted by Gasteiger charge is 2.16. The predicted molar refractivity (Wildman–Crippen MR) is 72.2 cm³/mol. The minimum atomic E-state index is 0.00692. The Kier molecular flexibility index (Phi) is 4.18. The first-order valence-electron chi connectivity index (χ1n) is 5.92. The van der Waals surface area contributed by atoms with Crippen molar-refractivity contribution < 1.29 is 4.79 Å². The second-order valence-corrected chi connectivity index (χ2v) is 5.41. The topological polar surface area (TPSA) is 41.1 Å². The number of benzene rings is 1. The van der Waals surface area contributed by atoms with E-state index in [4.69, 9.17) is 0 Å². The maximum Gasteiger partial charge on any atom is 0.252 e. The summed E-state index contributed by atoms with van der Waals surface area (Å²) in [5, 5.41) is 6.30. The number of nitrogens with one attached hydrogen (secondary N) is 2. The predicted octanol–water partition coefficient (Wildman–Crippen LogP) is 2.10. The molecule has 2 N–H and O–H groups in total. The lowest BCUT2D eigenvalue weighted by atomic mass is 10.1. The highest BCUT2D eigenvalue weighted by Crippen LogP contribution is 2.18. The summed E-state index contributed by atoms with van der Waals surface area (Å²) in [5.41, 5.74) is 1.82. The van der Waals surface area contributed by atoms with Crippen LogP contribution in [0.2, 0.25) is 0 Å². The van der Waals surface area contributed by atoms with E-state index in [9.17, 15) is 4.79 Å². The first-order valence-corrected chi connectivity index (χ1v) is 6.71. The third-order valence-electron chi connectivity index (χ3n) is 3.08. The fraction of sp³-hybridized carbons (Fsp3) is 0.462. The number of halogens is 1. The average molecular weight is 297 g/mol. The van der Waals surface area contributed by atoms with Gasteiger partial charge < -0.3 is 10.6 Å². The molecule has 1 heterocycles. The Hall–Kier alpha value is -0.870. The lowest BCUT2D eigenvalue weighted by Gasteiger charge is -2.11. The minimum absolute atomic E-state index is 0.00692. The molecule has 1 aliphatic heterocycles. The Morgan fingerprint density at radius 2 is 2.41 bits per heavy atom. The van der Waals surface area contributed by atoms with Gasteiger partial charge in [-0.05, 0) is 60.4 Å². The number of amides is 1. The van der Waals surface area contributed by atoms with E-state index in [2.05, 4.69) is 26.6 Å². The molecule has 0 aromatic heterocycles. The number of rotatable bonds is 3. The van der Waals surface area contributed by atoms with E-state index in [0.29, 0.717) is 5.92 Å². The van der Waals surface area contributed by atoms with Crippen molar-refractivity contribution in [1.82, 2.24) is 10.6 Å². The molecule has 3 nitrogen and oxygen atoms in total. The summed E-state index contributed by atoms with van der Waals surface area (Å²) in [6, 6.07) is 5.81. The van der Waals surface area contributed by atoms with E-state index in [1.54, 1.807) is 0 Å². The molecule has 1 saturated heterocycles. The second-order valence-electron chi connectivity index (χ2n) is 4.55. The van der Waals surface area contributed by atoms with Crippen LogP contribution < -0.4 is 10.6 Å². The molecule has 0 spiro atoms. The van der Waals surface area contributed by atoms with Crippen LogP contribution in [0.1, 0.15) is 22.3 Å². The van der Waals surface area contributed by atoms with Gasteiger partial charge in [-0.25, -0.2) is 0 Å². The van der Waals surface area contributed by atoms with Gasteiger partial charge in [-0.1, -0.05) is 11.6 Å². The highest BCUT2D eigenvalue weighted by molar-refractivity contribution is 9.10. The lowest BCUT2D eigenvalue weighted by Crippen LogP contribution is -2.30. The maximum absolute atomic E-state index is 12.0. The molecule has 17 heavy (non-hydrogen) atoms. The summed E-state index contributed by atoms with van der Waals surface area (Å²) in [6.07, 6.45) is 1.15. The van der Waals surface area contributed by atoms with Crippen molar-refractivity contribution in [1.29, 1.82) is 0 Å². The third kappa shape index (κ3) is 3.30. The summed E-state index contributed by atoms with van der Waals surface area (Å²) in [7, 11) is 0. The van der Waals surface area contributed by atoms with E-state index in [1.165, 1.54) is 0 Å². The van der Waals surface area contributed by atoms with Gasteiger partial charge in [0.1, 0.15) is 0 Å². The molecule has 2 rings (SSSR count). The number of hydrogen-bond acceptors (Lipinski definition) is 2. The molecule has 0 aliphatic carbocycles. The van der Waals surface area contributed by atoms with Crippen LogP contribution in [0.15, 0.2) is 22.7 Å². The summed E-state index contributed by atoms with van der Waals surface area (Å²) in [5.74, 6) is 0.579. The van der Waals surface area contributed by atoms with E-state index in [0.717, 1.165) is 41.7 Å². The van der Waals surface area contributed by atoms with Crippen LogP contribution in [-0.4, -0.2) is 25.5 Å². The molecule has 1 fully saturated rings. The summed E-state index contributed by atoms with van der Waals surface area (Å²) in [6.45, 7) is 4.82. The Morgan fingerprint density at radius 3 is 3.12 bits per heavy atom. The molecule has 0 bridgehead atoms. The van der Waals surface area contributed by atoms with Crippen LogP contribution in [0, 0.1) is 12.8 Å². The standard InChI is InChI=1S/C13H17BrN2O/c1-9-2-3-12(14)11(6-9)13(17)16-8-10-4-5-15-7-10/h2-3,6,10,15H,4-5,7-8H2,1H3,(H,16,17). The number of aryl methyl sites for hydroxylation is 1. The van der Waals surface area contributed by atoms with Gasteiger partial charge in [0, 0.05) is 11.0 Å². The first kappa shape index (κ1) is 12.6. The normalized spacial score (nSPS) is 19.3. The smallest absolute Gasteiger partial charge is 0.252 e. The average Bonchev–Trinajstić information content (AvgIpc) is 2.82. The zero-order valence-corrected chi connectivity index (χ0v) is 11.5. The van der Waals surface area contributed by atoms with Gasteiger partial charge in [0.2, 0.25) is 0 Å². The van der Waals surface area contributed by atoms with Gasteiger partial charge >= 0.3 is 0 Å². The molecular weight excluding hydrogens is 280 g/mol. The second kappa shape index (κ2) is 5.65. The molecule has 1 aromatic rings. The molecule has 1 amide bonds. The SMILES string of the molecule is Cc1ccc(Br)c(C(=O)NCC2CCNC2)c1. The molecular formula is C13H17BrN2O. The monoisotopic (exact) mass is 296 g/mol. The van der Waals surface area contributed by atoms with Crippen LogP contribution in [0.4, 0.5) is 0 Å². The number of hydrogen-bond donors (Lipinski definition) is 2. The van der Waals surface area contributed by atoms with Gasteiger partial charge in [0.25, 0.3) is 5.91 Å². The van der Waals surface area contributed by atoms with Crippen molar-refractivity contribution >= 4 is 21.8 Å². The van der Waals surface area contributed by atoms with Crippen LogP contribution in [-0.2, 0) is 0 Å². The summed E-state index contributed by atoms with van der Waals surface area (Å²) >= 11 is 3.41. The molecule has 92 valence electrons. The van der Waals surface area contributed by atoms with E-state index in [-0.39, 0.29) is 5.91 Å². The number of carbonyl (C=O) groups excluding carboxylic acids is 1. The Bertz CT molecular complexity index is 414. The molecule has 1 aromatic carbocycles. The fourth-order valence-corrected chi connectivity index (χ4v) is 2.46. The summed E-state index contributed by atoms with van der Waals surface area (Å²) < 4.78 is 0.852. The van der Waals surface area contributed by atoms with Crippen molar-refractivity contribution in [3.8, 4) is 0 Å². The van der Waals surface area contributed by atoms with Crippen molar-refractivity contribution in [2.24, 2.45) is 5.92 Å². The Labute approximate surface area is 110 Å². The Morgan fingerprint density at radius 1 is 1.59 bits per heavy atom. The molecule has 1 unspecified atom stereocenters. The largest absolute Gasteiger partial charge is 0.352 e. The zero-order chi connectivity index (χ0) is 12.3. The molecule has 0 radical (unpaired) electrons. The van der Waals surface area contributed by atoms with Crippen LogP contribution in [0.5, 0.6) is 0 Å². The Balaban J connectivity index is 1.96. The van der Waals surface area contributed by atoms with Crippen molar-refractivity contribution in [2.75, 3.05) is 19.6 Å². The van der Waals surface area contributed by atoms with Gasteiger partial charge in [0.15, 0.2) is 0 Å². The van der Waals surface area contributed by atoms with E-state index in [1.807, 2.05) is 25.1 Å². The third-order valence-corrected chi connectivity index (χ3v) is 3.77. The minimum Gasteiger partial charge on any atom is -0.352 e. The number of carbonyl (C=O) groups is 1. The quantitative estimate of drug-likeness (QED) is 0.897. The first-order chi connectivity index (χ1) is 8.16. The van der Waals surface area contributed by atoms with Crippen LogP contribution in [0.3, 0.4) is 0 Å². The van der Waals surface area contributed by atoms with Crippen molar-refractivity contribution in [3.05, 3.63) is 33.8 Å². The summed E-state index contributed by atoms with van der Waals surface area (Å²) in [4.78, 5) is 12.0. The maximum atomic E-state index is 12.0. The molecule has 1 atom stereocenters. The van der Waals surface area contributed by atoms with E-state index < -0.39 is 0 Å². The molecule has 4 heteroatoms. The molecule has 1 aliphatic rings. The van der Waals surface area contributed by atoms with Crippen molar-refractivity contribution in [3.63, 3.8) is 0 Å².